The van der Waals surface area contributed by atoms with Crippen LogP contribution in [0.25, 0.3) is 0 Å². The highest BCUT2D eigenvalue weighted by atomic mass is 32.2. The molecule has 0 amide bonds. The lowest BCUT2D eigenvalue weighted by molar-refractivity contribution is 0.0904. The van der Waals surface area contributed by atoms with Gasteiger partial charge in [-0.1, -0.05) is 26.2 Å². The first-order valence-corrected chi connectivity index (χ1v) is 9.54. The molecule has 1 aliphatic heterocycles. The van der Waals surface area contributed by atoms with Crippen LogP contribution in [0.5, 0.6) is 0 Å². The Labute approximate surface area is 130 Å². The van der Waals surface area contributed by atoms with Crippen molar-refractivity contribution in [2.24, 2.45) is 11.8 Å². The third kappa shape index (κ3) is 4.27. The summed E-state index contributed by atoms with van der Waals surface area (Å²) in [6.07, 6.45) is 10.8. The number of epoxide rings is 1. The molecule has 0 radical (unpaired) electrons. The molecule has 0 bridgehead atoms. The third-order valence-corrected chi connectivity index (χ3v) is 6.18. The molecular formula is C16H28O4S. The molecule has 4 nitrogen and oxygen atoms in total. The quantitative estimate of drug-likeness (QED) is 0.703. The van der Waals surface area contributed by atoms with E-state index in [1.165, 1.54) is 32.1 Å². The van der Waals surface area contributed by atoms with Crippen molar-refractivity contribution in [1.82, 2.24) is 0 Å². The summed E-state index contributed by atoms with van der Waals surface area (Å²) in [5.41, 5.74) is -0.152. The van der Waals surface area contributed by atoms with Crippen LogP contribution in [0, 0.1) is 11.8 Å². The molecule has 0 aromatic carbocycles. The maximum atomic E-state index is 12.0. The van der Waals surface area contributed by atoms with Crippen molar-refractivity contribution in [1.29, 1.82) is 0 Å². The summed E-state index contributed by atoms with van der Waals surface area (Å²) < 4.78 is 28.7. The first-order valence-electron chi connectivity index (χ1n) is 8.54. The molecule has 2 atom stereocenters. The largest absolute Gasteiger partial charge is 0.367 e. The van der Waals surface area contributed by atoms with Gasteiger partial charge < -0.3 is 4.74 Å². The minimum atomic E-state index is -1.62. The van der Waals surface area contributed by atoms with Gasteiger partial charge in [0.25, 0.3) is 0 Å². The Morgan fingerprint density at radius 3 is 2.38 bits per heavy atom. The van der Waals surface area contributed by atoms with E-state index in [1.54, 1.807) is 0 Å². The normalized spacial score (nSPS) is 39.1. The van der Waals surface area contributed by atoms with E-state index in [9.17, 15) is 4.21 Å². The van der Waals surface area contributed by atoms with E-state index in [-0.39, 0.29) is 11.7 Å². The standard InChI is InChI=1S/C16H28O4S/c1-13-7-9-15(10-8-13)20-21(17)19-12-16(11-18-16)14-5-3-2-4-6-14/h13-15H,2-12H2,1H3. The van der Waals surface area contributed by atoms with E-state index in [2.05, 4.69) is 6.92 Å². The summed E-state index contributed by atoms with van der Waals surface area (Å²) >= 11 is -1.62. The summed E-state index contributed by atoms with van der Waals surface area (Å²) in [6, 6.07) is 0. The van der Waals surface area contributed by atoms with Crippen LogP contribution in [-0.4, -0.2) is 29.1 Å². The average molecular weight is 316 g/mol. The molecule has 3 fully saturated rings. The number of ether oxygens (including phenoxy) is 1. The molecule has 0 aromatic rings. The van der Waals surface area contributed by atoms with E-state index in [0.717, 1.165) is 38.2 Å². The maximum absolute atomic E-state index is 12.0. The van der Waals surface area contributed by atoms with Crippen molar-refractivity contribution in [3.8, 4) is 0 Å². The van der Waals surface area contributed by atoms with Gasteiger partial charge in [0, 0.05) is 0 Å². The lowest BCUT2D eigenvalue weighted by atomic mass is 9.80. The van der Waals surface area contributed by atoms with Crippen LogP contribution in [0.4, 0.5) is 0 Å². The minimum Gasteiger partial charge on any atom is -0.367 e. The average Bonchev–Trinajstić information content (AvgIpc) is 3.30. The van der Waals surface area contributed by atoms with Gasteiger partial charge in [-0.15, -0.1) is 0 Å². The summed E-state index contributed by atoms with van der Waals surface area (Å²) in [7, 11) is 0. The summed E-state index contributed by atoms with van der Waals surface area (Å²) in [5.74, 6) is 1.35. The van der Waals surface area contributed by atoms with Gasteiger partial charge in [-0.25, -0.2) is 0 Å². The maximum Gasteiger partial charge on any atom is 0.304 e. The molecule has 3 aliphatic rings. The van der Waals surface area contributed by atoms with E-state index in [4.69, 9.17) is 13.1 Å². The molecule has 122 valence electrons. The molecule has 0 spiro atoms. The van der Waals surface area contributed by atoms with Gasteiger partial charge in [-0.2, -0.15) is 4.21 Å². The van der Waals surface area contributed by atoms with Crippen molar-refractivity contribution >= 4 is 11.4 Å². The third-order valence-electron chi connectivity index (χ3n) is 5.44. The molecule has 21 heavy (non-hydrogen) atoms. The van der Waals surface area contributed by atoms with Gasteiger partial charge >= 0.3 is 11.4 Å². The van der Waals surface area contributed by atoms with Crippen molar-refractivity contribution in [2.75, 3.05) is 13.2 Å². The Morgan fingerprint density at radius 2 is 1.76 bits per heavy atom. The first-order chi connectivity index (χ1) is 10.2. The van der Waals surface area contributed by atoms with Gasteiger partial charge in [0.1, 0.15) is 5.60 Å². The molecule has 3 rings (SSSR count). The van der Waals surface area contributed by atoms with Gasteiger partial charge in [0.15, 0.2) is 0 Å². The van der Waals surface area contributed by atoms with Gasteiger partial charge in [-0.05, 0) is 50.4 Å². The number of hydrogen-bond acceptors (Lipinski definition) is 4. The second-order valence-electron chi connectivity index (χ2n) is 7.13. The van der Waals surface area contributed by atoms with E-state index in [1.807, 2.05) is 0 Å². The summed E-state index contributed by atoms with van der Waals surface area (Å²) in [5, 5.41) is 0. The van der Waals surface area contributed by atoms with E-state index < -0.39 is 11.4 Å². The van der Waals surface area contributed by atoms with Gasteiger partial charge in [0.05, 0.1) is 19.3 Å². The number of rotatable bonds is 6. The van der Waals surface area contributed by atoms with Crippen LogP contribution in [-0.2, 0) is 24.5 Å². The van der Waals surface area contributed by atoms with Crippen LogP contribution < -0.4 is 0 Å². The van der Waals surface area contributed by atoms with Crippen molar-refractivity contribution < 1.29 is 17.3 Å². The smallest absolute Gasteiger partial charge is 0.304 e. The zero-order valence-corrected chi connectivity index (χ0v) is 13.9. The van der Waals surface area contributed by atoms with Crippen molar-refractivity contribution in [3.05, 3.63) is 0 Å². The molecular weight excluding hydrogens is 288 g/mol. The number of hydrogen-bond donors (Lipinski definition) is 0. The molecule has 5 heteroatoms. The highest BCUT2D eigenvalue weighted by molar-refractivity contribution is 7.75. The Balaban J connectivity index is 1.39. The molecule has 2 saturated carbocycles. The Morgan fingerprint density at radius 1 is 1.10 bits per heavy atom. The van der Waals surface area contributed by atoms with Crippen molar-refractivity contribution in [3.63, 3.8) is 0 Å². The molecule has 2 aliphatic carbocycles. The fraction of sp³-hybridized carbons (Fsp3) is 1.00. The van der Waals surface area contributed by atoms with Crippen LogP contribution in [0.1, 0.15) is 64.7 Å². The minimum absolute atomic E-state index is 0.104. The van der Waals surface area contributed by atoms with Crippen LogP contribution >= 0.6 is 0 Å². The highest BCUT2D eigenvalue weighted by Crippen LogP contribution is 2.43. The van der Waals surface area contributed by atoms with Gasteiger partial charge in [-0.3, -0.25) is 8.37 Å². The topological polar surface area (TPSA) is 48.1 Å². The van der Waals surface area contributed by atoms with Crippen LogP contribution in [0.2, 0.25) is 0 Å². The van der Waals surface area contributed by atoms with E-state index in [0.29, 0.717) is 12.5 Å². The Hall–Kier alpha value is 0.0300. The molecule has 1 saturated heterocycles. The zero-order chi connectivity index (χ0) is 14.7. The fourth-order valence-corrected chi connectivity index (χ4v) is 4.54. The highest BCUT2D eigenvalue weighted by Gasteiger charge is 2.52. The monoisotopic (exact) mass is 316 g/mol. The predicted octanol–water partition coefficient (Wildman–Crippen LogP) is 3.53. The molecule has 2 unspecified atom stereocenters. The zero-order valence-electron chi connectivity index (χ0n) is 13.1. The van der Waals surface area contributed by atoms with Crippen molar-refractivity contribution in [2.45, 2.75) is 76.4 Å². The first kappa shape index (κ1) is 15.9. The lowest BCUT2D eigenvalue weighted by Gasteiger charge is -2.28. The SMILES string of the molecule is CC1CCC(OS(=O)OCC2(C3CCCCC3)CO2)CC1. The lowest BCUT2D eigenvalue weighted by Crippen LogP contribution is -2.32. The Kier molecular flexibility index (Phi) is 5.36. The molecule has 0 N–H and O–H groups in total. The summed E-state index contributed by atoms with van der Waals surface area (Å²) in [4.78, 5) is 0. The second kappa shape index (κ2) is 7.07. The van der Waals surface area contributed by atoms with E-state index >= 15 is 0 Å². The fourth-order valence-electron chi connectivity index (χ4n) is 3.77. The summed E-state index contributed by atoms with van der Waals surface area (Å²) in [6.45, 7) is 3.45. The Bertz CT molecular complexity index is 355. The van der Waals surface area contributed by atoms with Gasteiger partial charge in [0.2, 0.25) is 0 Å². The molecule has 0 aromatic heterocycles. The van der Waals surface area contributed by atoms with Crippen LogP contribution in [0.15, 0.2) is 0 Å². The second-order valence-corrected chi connectivity index (χ2v) is 7.97. The molecule has 1 heterocycles. The van der Waals surface area contributed by atoms with Crippen LogP contribution in [0.3, 0.4) is 0 Å². The predicted molar refractivity (Wildman–Crippen MR) is 81.9 cm³/mol.